The zero-order valence-electron chi connectivity index (χ0n) is 41.8. The molecule has 5 heterocycles. The highest BCUT2D eigenvalue weighted by molar-refractivity contribution is 7.52. The molecule has 19 nitrogen and oxygen atoms in total. The van der Waals surface area contributed by atoms with Crippen molar-refractivity contribution in [1.82, 2.24) is 30.7 Å². The van der Waals surface area contributed by atoms with Crippen molar-refractivity contribution in [2.75, 3.05) is 39.4 Å². The van der Waals surface area contributed by atoms with Gasteiger partial charge in [-0.3, -0.25) is 53.1 Å². The summed E-state index contributed by atoms with van der Waals surface area (Å²) >= 11 is 0.934. The number of rotatable bonds is 16. The SMILES string of the molecule is CC(C)(C)[C@H](NC(=O)c1cc2cc(C(F)(F)P(=O)(O)O)ccc2s1)C(=O)N1C[C@@H](OCC(=O)NCCCCCC#Cc2ccc3c(c2)C(=O)N(C2CCC(=O)NC2=O)C3=O)C[C@H]1C(=O)N1CCOC(c2ccccc2)C1. The fourth-order valence-electron chi connectivity index (χ4n) is 9.55. The number of amides is 8. The number of thiophene rings is 1. The minimum absolute atomic E-state index is 0.0200. The number of carbonyl (C=O) groups excluding carboxylic acids is 8. The minimum atomic E-state index is -5.86. The topological polar surface area (TPSA) is 258 Å². The number of nitrogens with one attached hydrogen (secondary N) is 3. The molecule has 5 N–H and O–H groups in total. The Morgan fingerprint density at radius 3 is 2.42 bits per heavy atom. The Bertz CT molecular complexity index is 3080. The van der Waals surface area contributed by atoms with Gasteiger partial charge < -0.3 is 39.7 Å². The number of unbranched alkanes of at least 4 members (excludes halogenated alkanes) is 3. The van der Waals surface area contributed by atoms with E-state index in [1.54, 1.807) is 31.7 Å². The molecule has 0 radical (unpaired) electrons. The van der Waals surface area contributed by atoms with E-state index in [4.69, 9.17) is 9.47 Å². The highest BCUT2D eigenvalue weighted by atomic mass is 32.1. The van der Waals surface area contributed by atoms with Crippen molar-refractivity contribution in [3.8, 4) is 11.8 Å². The largest absolute Gasteiger partial charge is 0.399 e. The Balaban J connectivity index is 0.861. The summed E-state index contributed by atoms with van der Waals surface area (Å²) in [7, 11) is -5.86. The number of likely N-dealkylation sites (tertiary alicyclic amines) is 1. The number of fused-ring (bicyclic) bond motifs is 2. The van der Waals surface area contributed by atoms with Crippen LogP contribution in [-0.2, 0) is 43.7 Å². The third-order valence-electron chi connectivity index (χ3n) is 13.6. The summed E-state index contributed by atoms with van der Waals surface area (Å²) in [5, 5.41) is 7.94. The number of halogens is 2. The van der Waals surface area contributed by atoms with Gasteiger partial charge in [-0.15, -0.1) is 11.3 Å². The number of carbonyl (C=O) groups is 8. The van der Waals surface area contributed by atoms with E-state index in [2.05, 4.69) is 27.8 Å². The summed E-state index contributed by atoms with van der Waals surface area (Å²) < 4.78 is 53.2. The summed E-state index contributed by atoms with van der Waals surface area (Å²) in [4.78, 5) is 129. The molecule has 4 aromatic rings. The van der Waals surface area contributed by atoms with E-state index in [9.17, 15) is 61.5 Å². The van der Waals surface area contributed by atoms with Crippen LogP contribution in [0.3, 0.4) is 0 Å². The number of benzene rings is 3. The summed E-state index contributed by atoms with van der Waals surface area (Å²) in [6, 6.07) is 15.0. The number of ether oxygens (including phenoxy) is 2. The van der Waals surface area contributed by atoms with Crippen molar-refractivity contribution >= 4 is 76.3 Å². The fraction of sp³-hybridized carbons (Fsp3) is 0.434. The van der Waals surface area contributed by atoms with Crippen LogP contribution in [0.4, 0.5) is 8.78 Å². The van der Waals surface area contributed by atoms with Gasteiger partial charge in [-0.25, -0.2) is 0 Å². The lowest BCUT2D eigenvalue weighted by atomic mass is 9.85. The number of hydrogen-bond donors (Lipinski definition) is 5. The van der Waals surface area contributed by atoms with E-state index in [0.717, 1.165) is 40.4 Å². The second kappa shape index (κ2) is 22.9. The van der Waals surface area contributed by atoms with E-state index in [1.165, 1.54) is 29.2 Å². The number of piperidine rings is 1. The monoisotopic (exact) mass is 1090 g/mol. The molecule has 4 aliphatic heterocycles. The third kappa shape index (κ3) is 12.3. The highest BCUT2D eigenvalue weighted by Gasteiger charge is 2.51. The first-order chi connectivity index (χ1) is 36.0. The van der Waals surface area contributed by atoms with Crippen LogP contribution in [0.25, 0.3) is 10.1 Å². The van der Waals surface area contributed by atoms with Crippen LogP contribution < -0.4 is 16.0 Å². The van der Waals surface area contributed by atoms with Crippen molar-refractivity contribution in [2.24, 2.45) is 5.41 Å². The van der Waals surface area contributed by atoms with Gasteiger partial charge in [-0.2, -0.15) is 8.78 Å². The van der Waals surface area contributed by atoms with Gasteiger partial charge in [0.1, 0.15) is 30.8 Å². The normalized spacial score (nSPS) is 20.5. The van der Waals surface area contributed by atoms with E-state index >= 15 is 0 Å². The van der Waals surface area contributed by atoms with Crippen molar-refractivity contribution < 1.29 is 71.0 Å². The Labute approximate surface area is 440 Å². The highest BCUT2D eigenvalue weighted by Crippen LogP contribution is 2.59. The second-order valence-corrected chi connectivity index (χ2v) is 22.9. The zero-order chi connectivity index (χ0) is 54.7. The summed E-state index contributed by atoms with van der Waals surface area (Å²) in [6.07, 6.45) is 1.51. The Morgan fingerprint density at radius 2 is 1.70 bits per heavy atom. The summed E-state index contributed by atoms with van der Waals surface area (Å²) in [5.74, 6) is 1.64. The average Bonchev–Trinajstić information content (AvgIpc) is 4.09. The van der Waals surface area contributed by atoms with Crippen molar-refractivity contribution in [3.63, 3.8) is 0 Å². The van der Waals surface area contributed by atoms with Crippen LogP contribution in [0.15, 0.2) is 72.8 Å². The fourth-order valence-corrected chi connectivity index (χ4v) is 11.0. The molecule has 0 spiro atoms. The molecular formula is C53H57F2N6O13PS. The van der Waals surface area contributed by atoms with Crippen molar-refractivity contribution in [2.45, 2.75) is 102 Å². The number of morpholine rings is 1. The van der Waals surface area contributed by atoms with E-state index in [1.807, 2.05) is 30.3 Å². The maximum Gasteiger partial charge on any atom is 0.399 e. The molecule has 2 unspecified atom stereocenters. The maximum atomic E-state index is 14.8. The molecule has 3 fully saturated rings. The lowest BCUT2D eigenvalue weighted by molar-refractivity contribution is -0.150. The molecular weight excluding hydrogens is 1030 g/mol. The predicted molar refractivity (Wildman–Crippen MR) is 272 cm³/mol. The predicted octanol–water partition coefficient (Wildman–Crippen LogP) is 4.99. The Hall–Kier alpha value is -6.73. The molecule has 3 saturated heterocycles. The van der Waals surface area contributed by atoms with E-state index in [-0.39, 0.29) is 79.4 Å². The first-order valence-electron chi connectivity index (χ1n) is 24.8. The van der Waals surface area contributed by atoms with Crippen LogP contribution in [0.2, 0.25) is 0 Å². The molecule has 402 valence electrons. The molecule has 0 bridgehead atoms. The van der Waals surface area contributed by atoms with Crippen LogP contribution >= 0.6 is 18.9 Å². The molecule has 0 aliphatic carbocycles. The lowest BCUT2D eigenvalue weighted by Gasteiger charge is -2.38. The summed E-state index contributed by atoms with van der Waals surface area (Å²) in [5.41, 5.74) is -4.62. The van der Waals surface area contributed by atoms with Gasteiger partial charge in [0.15, 0.2) is 0 Å². The van der Waals surface area contributed by atoms with Gasteiger partial charge >= 0.3 is 13.3 Å². The van der Waals surface area contributed by atoms with Crippen molar-refractivity contribution in [1.29, 1.82) is 0 Å². The average molecular weight is 1090 g/mol. The van der Waals surface area contributed by atoms with E-state index < -0.39 is 95.9 Å². The third-order valence-corrected chi connectivity index (χ3v) is 15.8. The first-order valence-corrected chi connectivity index (χ1v) is 27.2. The maximum absolute atomic E-state index is 14.8. The quantitative estimate of drug-likeness (QED) is 0.0430. The van der Waals surface area contributed by atoms with Gasteiger partial charge in [0, 0.05) is 54.7 Å². The minimum Gasteiger partial charge on any atom is -0.370 e. The molecule has 1 aromatic heterocycles. The molecule has 0 saturated carbocycles. The molecule has 4 aliphatic rings. The number of hydrogen-bond acceptors (Lipinski definition) is 12. The van der Waals surface area contributed by atoms with Gasteiger partial charge in [-0.05, 0) is 72.0 Å². The van der Waals surface area contributed by atoms with Gasteiger partial charge in [0.25, 0.3) is 17.7 Å². The molecule has 8 amide bonds. The standard InChI is InChI=1S/C53H57F2N6O13PS/c1-52(2,3)45(58-47(65)42-26-33-25-34(16-19-41(33)76-42)53(54,55)75(70,71)72)51(69)60-28-35(27-39(60)50(68)59-22-23-73-40(29-59)32-13-9-7-10-14-32)74-30-44(63)56-21-11-6-4-5-8-12-31-15-17-36-37(24-31)49(67)61(48(36)66)38-18-20-43(62)57-46(38)64/h7,9-10,13-17,19,24-26,35,38-40,45H,4-6,11,18,20-23,27-30H2,1-3H3,(H,56,63)(H,58,65)(H,57,62,64)(H2,70,71,72)/t35-,38?,39-,40?,45+/m0/s1. The molecule has 3 aromatic carbocycles. The smallest absolute Gasteiger partial charge is 0.370 e. The molecule has 5 atom stereocenters. The molecule has 76 heavy (non-hydrogen) atoms. The number of nitrogens with zero attached hydrogens (tertiary/aromatic N) is 3. The lowest BCUT2D eigenvalue weighted by Crippen LogP contribution is -2.58. The van der Waals surface area contributed by atoms with Gasteiger partial charge in [0.2, 0.25) is 29.5 Å². The number of alkyl halides is 2. The molecule has 23 heteroatoms. The summed E-state index contributed by atoms with van der Waals surface area (Å²) in [6.45, 7) is 5.79. The van der Waals surface area contributed by atoms with Gasteiger partial charge in [0.05, 0.1) is 35.3 Å². The number of imide groups is 2. The van der Waals surface area contributed by atoms with Gasteiger partial charge in [-0.1, -0.05) is 75.4 Å². The van der Waals surface area contributed by atoms with Crippen LogP contribution in [0.1, 0.15) is 119 Å². The zero-order valence-corrected chi connectivity index (χ0v) is 43.6. The second-order valence-electron chi connectivity index (χ2n) is 20.1. The van der Waals surface area contributed by atoms with Crippen LogP contribution in [0, 0.1) is 17.3 Å². The Morgan fingerprint density at radius 1 is 0.947 bits per heavy atom. The van der Waals surface area contributed by atoms with E-state index in [0.29, 0.717) is 36.1 Å². The first kappa shape index (κ1) is 55.5. The van der Waals surface area contributed by atoms with Crippen molar-refractivity contribution in [3.05, 3.63) is 105 Å². The Kier molecular flexibility index (Phi) is 16.7. The van der Waals surface area contributed by atoms with Crippen LogP contribution in [-0.4, -0.2) is 135 Å². The van der Waals surface area contributed by atoms with Crippen LogP contribution in [0.5, 0.6) is 0 Å². The molecule has 8 rings (SSSR count).